The van der Waals surface area contributed by atoms with Gasteiger partial charge in [0.15, 0.2) is 5.09 Å². The summed E-state index contributed by atoms with van der Waals surface area (Å²) in [7, 11) is 0. The Morgan fingerprint density at radius 3 is 2.60 bits per heavy atom. The van der Waals surface area contributed by atoms with E-state index in [1.54, 1.807) is 17.8 Å². The van der Waals surface area contributed by atoms with Gasteiger partial charge >= 0.3 is 5.97 Å². The highest BCUT2D eigenvalue weighted by molar-refractivity contribution is 7.99. The average Bonchev–Trinajstić information content (AvgIpc) is 2.68. The summed E-state index contributed by atoms with van der Waals surface area (Å²) in [5, 5.41) is 9.36. The van der Waals surface area contributed by atoms with E-state index >= 15 is 0 Å². The van der Waals surface area contributed by atoms with Crippen molar-refractivity contribution < 1.29 is 14.3 Å². The van der Waals surface area contributed by atoms with Crippen LogP contribution in [0, 0.1) is 5.92 Å². The molecule has 0 spiro atoms. The van der Waals surface area contributed by atoms with Crippen LogP contribution < -0.4 is 0 Å². The first-order valence-electron chi connectivity index (χ1n) is 5.13. The molecule has 0 aliphatic heterocycles. The fourth-order valence-electron chi connectivity index (χ4n) is 1.24. The van der Waals surface area contributed by atoms with Crippen LogP contribution in [0.15, 0.2) is 21.6 Å². The normalized spacial score (nSPS) is 10.9. The van der Waals surface area contributed by atoms with Crippen LogP contribution in [0.3, 0.4) is 0 Å². The predicted octanol–water partition coefficient (Wildman–Crippen LogP) is 3.51. The van der Waals surface area contributed by atoms with E-state index in [2.05, 4.69) is 13.8 Å². The molecular weight excluding hydrogens is 212 g/mol. The van der Waals surface area contributed by atoms with E-state index in [0.29, 0.717) is 11.0 Å². The van der Waals surface area contributed by atoms with Crippen molar-refractivity contribution in [1.29, 1.82) is 0 Å². The summed E-state index contributed by atoms with van der Waals surface area (Å²) in [5.41, 5.74) is 0. The van der Waals surface area contributed by atoms with E-state index in [1.807, 2.05) is 0 Å². The van der Waals surface area contributed by atoms with Crippen molar-refractivity contribution in [1.82, 2.24) is 0 Å². The van der Waals surface area contributed by atoms with Crippen molar-refractivity contribution in [2.75, 3.05) is 5.75 Å². The zero-order chi connectivity index (χ0) is 11.3. The molecule has 0 radical (unpaired) electrons. The van der Waals surface area contributed by atoms with Crippen LogP contribution in [-0.4, -0.2) is 16.8 Å². The van der Waals surface area contributed by atoms with Gasteiger partial charge in [0.2, 0.25) is 5.76 Å². The maximum absolute atomic E-state index is 10.6. The van der Waals surface area contributed by atoms with Gasteiger partial charge in [0.1, 0.15) is 0 Å². The highest BCUT2D eigenvalue weighted by Gasteiger charge is 2.10. The van der Waals surface area contributed by atoms with Crippen molar-refractivity contribution in [3.8, 4) is 0 Å². The molecule has 15 heavy (non-hydrogen) atoms. The lowest BCUT2D eigenvalue weighted by Gasteiger charge is -2.09. The number of hydrogen-bond acceptors (Lipinski definition) is 3. The molecule has 0 fully saturated rings. The minimum absolute atomic E-state index is 0.0158. The van der Waals surface area contributed by atoms with Gasteiger partial charge in [-0.3, -0.25) is 0 Å². The first kappa shape index (κ1) is 12.2. The van der Waals surface area contributed by atoms with Crippen molar-refractivity contribution in [2.24, 2.45) is 5.92 Å². The smallest absolute Gasteiger partial charge is 0.371 e. The molecule has 1 N–H and O–H groups in total. The largest absolute Gasteiger partial charge is 0.475 e. The highest BCUT2D eigenvalue weighted by Crippen LogP contribution is 2.25. The van der Waals surface area contributed by atoms with Crippen molar-refractivity contribution in [3.05, 3.63) is 17.9 Å². The summed E-state index contributed by atoms with van der Waals surface area (Å²) in [5.74, 6) is 0.666. The second kappa shape index (κ2) is 5.85. The first-order valence-corrected chi connectivity index (χ1v) is 6.11. The molecule has 1 heterocycles. The van der Waals surface area contributed by atoms with E-state index in [4.69, 9.17) is 9.52 Å². The Morgan fingerprint density at radius 1 is 1.47 bits per heavy atom. The molecule has 0 atom stereocenters. The van der Waals surface area contributed by atoms with Gasteiger partial charge in [0.25, 0.3) is 0 Å². The molecule has 0 unspecified atom stereocenters. The van der Waals surface area contributed by atoms with Gasteiger partial charge in [-0.05, 0) is 18.1 Å². The predicted molar refractivity (Wildman–Crippen MR) is 60.5 cm³/mol. The number of hydrogen-bond donors (Lipinski definition) is 1. The van der Waals surface area contributed by atoms with Gasteiger partial charge in [0.05, 0.1) is 0 Å². The number of aromatic carboxylic acids is 1. The second-order valence-corrected chi connectivity index (χ2v) is 4.44. The van der Waals surface area contributed by atoms with E-state index in [0.717, 1.165) is 18.6 Å². The highest BCUT2D eigenvalue weighted by atomic mass is 32.2. The van der Waals surface area contributed by atoms with Crippen LogP contribution in [0.4, 0.5) is 0 Å². The van der Waals surface area contributed by atoms with Crippen LogP contribution in [0.2, 0.25) is 0 Å². The molecule has 0 saturated carbocycles. The summed E-state index contributed by atoms with van der Waals surface area (Å²) in [6.45, 7) is 4.33. The maximum Gasteiger partial charge on any atom is 0.371 e. The lowest BCUT2D eigenvalue weighted by atomic mass is 10.1. The van der Waals surface area contributed by atoms with Crippen LogP contribution in [0.1, 0.15) is 37.2 Å². The zero-order valence-corrected chi connectivity index (χ0v) is 9.84. The molecule has 0 aromatic carbocycles. The van der Waals surface area contributed by atoms with Crippen molar-refractivity contribution in [3.63, 3.8) is 0 Å². The first-order chi connectivity index (χ1) is 7.17. The van der Waals surface area contributed by atoms with Crippen LogP contribution >= 0.6 is 11.8 Å². The third-order valence-electron chi connectivity index (χ3n) is 2.41. The summed E-state index contributed by atoms with van der Waals surface area (Å²) in [6.07, 6.45) is 2.30. The number of thioether (sulfide) groups is 1. The van der Waals surface area contributed by atoms with Crippen molar-refractivity contribution >= 4 is 17.7 Å². The molecule has 0 bridgehead atoms. The summed E-state index contributed by atoms with van der Waals surface area (Å²) >= 11 is 1.59. The van der Waals surface area contributed by atoms with Crippen LogP contribution in [-0.2, 0) is 0 Å². The number of furan rings is 1. The van der Waals surface area contributed by atoms with Gasteiger partial charge in [-0.1, -0.05) is 38.5 Å². The molecule has 4 heteroatoms. The third kappa shape index (κ3) is 3.63. The molecule has 3 nitrogen and oxygen atoms in total. The number of carboxylic acids is 1. The van der Waals surface area contributed by atoms with Gasteiger partial charge in [-0.25, -0.2) is 4.79 Å². The molecular formula is C11H16O3S. The number of rotatable bonds is 6. The lowest BCUT2D eigenvalue weighted by molar-refractivity contribution is 0.0656. The van der Waals surface area contributed by atoms with Gasteiger partial charge in [-0.15, -0.1) is 0 Å². The SMILES string of the molecule is CCC(CC)CSc1ccc(C(=O)O)o1. The average molecular weight is 228 g/mol. The van der Waals surface area contributed by atoms with E-state index < -0.39 is 5.97 Å². The molecule has 1 aromatic heterocycles. The number of carboxylic acid groups (broad SMARTS) is 1. The van der Waals surface area contributed by atoms with Gasteiger partial charge in [0, 0.05) is 5.75 Å². The minimum atomic E-state index is -1.01. The standard InChI is InChI=1S/C11H16O3S/c1-3-8(4-2)7-15-10-6-5-9(14-10)11(12)13/h5-6,8H,3-4,7H2,1-2H3,(H,12,13). The van der Waals surface area contributed by atoms with E-state index in [1.165, 1.54) is 6.07 Å². The molecule has 1 rings (SSSR count). The van der Waals surface area contributed by atoms with Gasteiger partial charge in [-0.2, -0.15) is 0 Å². The topological polar surface area (TPSA) is 50.4 Å². The Labute approximate surface area is 93.9 Å². The fourth-order valence-corrected chi connectivity index (χ4v) is 2.42. The Hall–Kier alpha value is -0.900. The quantitative estimate of drug-likeness (QED) is 0.757. The minimum Gasteiger partial charge on any atom is -0.475 e. The van der Waals surface area contributed by atoms with E-state index in [9.17, 15) is 4.79 Å². The van der Waals surface area contributed by atoms with Crippen LogP contribution in [0.25, 0.3) is 0 Å². The zero-order valence-electron chi connectivity index (χ0n) is 9.03. The molecule has 0 aliphatic carbocycles. The fraction of sp³-hybridized carbons (Fsp3) is 0.545. The second-order valence-electron chi connectivity index (χ2n) is 3.42. The summed E-state index contributed by atoms with van der Waals surface area (Å²) in [4.78, 5) is 10.6. The van der Waals surface area contributed by atoms with Gasteiger partial charge < -0.3 is 9.52 Å². The Morgan fingerprint density at radius 2 is 2.13 bits per heavy atom. The molecule has 0 amide bonds. The molecule has 0 saturated heterocycles. The third-order valence-corrected chi connectivity index (χ3v) is 3.55. The summed E-state index contributed by atoms with van der Waals surface area (Å²) < 4.78 is 5.15. The molecule has 0 aliphatic rings. The molecule has 1 aromatic rings. The Balaban J connectivity index is 2.47. The Kier molecular flexibility index (Phi) is 4.75. The monoisotopic (exact) mass is 228 g/mol. The van der Waals surface area contributed by atoms with Crippen molar-refractivity contribution in [2.45, 2.75) is 31.8 Å². The maximum atomic E-state index is 10.6. The summed E-state index contributed by atoms with van der Waals surface area (Å²) in [6, 6.07) is 3.22. The molecule has 84 valence electrons. The number of carbonyl (C=O) groups is 1. The lowest BCUT2D eigenvalue weighted by Crippen LogP contribution is -1.99. The van der Waals surface area contributed by atoms with E-state index in [-0.39, 0.29) is 5.76 Å². The Bertz CT molecular complexity index is 315. The van der Waals surface area contributed by atoms with Crippen LogP contribution in [0.5, 0.6) is 0 Å².